The maximum absolute atomic E-state index is 12.7. The van der Waals surface area contributed by atoms with Gasteiger partial charge in [-0.15, -0.1) is 11.8 Å². The maximum Gasteiger partial charge on any atom is 0.326 e. The van der Waals surface area contributed by atoms with Crippen LogP contribution in [0.15, 0.2) is 72.0 Å². The van der Waals surface area contributed by atoms with Crippen LogP contribution in [-0.4, -0.2) is 34.2 Å². The molecular formula is C22H21N5O2S. The second-order valence-corrected chi connectivity index (χ2v) is 7.81. The fourth-order valence-corrected chi connectivity index (χ4v) is 4.03. The van der Waals surface area contributed by atoms with E-state index in [1.165, 1.54) is 0 Å². The van der Waals surface area contributed by atoms with E-state index in [2.05, 4.69) is 20.6 Å². The zero-order valence-corrected chi connectivity index (χ0v) is 17.1. The van der Waals surface area contributed by atoms with Gasteiger partial charge in [-0.25, -0.2) is 9.78 Å². The van der Waals surface area contributed by atoms with Gasteiger partial charge in [0.2, 0.25) is 5.91 Å². The molecule has 0 saturated carbocycles. The van der Waals surface area contributed by atoms with E-state index in [1.54, 1.807) is 29.1 Å². The molecule has 0 bridgehead atoms. The van der Waals surface area contributed by atoms with Crippen LogP contribution in [0.4, 0.5) is 16.2 Å². The van der Waals surface area contributed by atoms with Crippen LogP contribution in [0.3, 0.4) is 0 Å². The van der Waals surface area contributed by atoms with Gasteiger partial charge >= 0.3 is 6.03 Å². The topological polar surface area (TPSA) is 87.2 Å². The third-order valence-corrected chi connectivity index (χ3v) is 5.58. The first-order valence-electron chi connectivity index (χ1n) is 9.61. The Balaban J connectivity index is 1.32. The molecule has 0 fully saturated rings. The molecule has 0 unspecified atom stereocenters. The maximum atomic E-state index is 12.7. The lowest BCUT2D eigenvalue weighted by Gasteiger charge is -2.28. The molecule has 8 heteroatoms. The highest BCUT2D eigenvalue weighted by molar-refractivity contribution is 7.99. The number of carbonyl (C=O) groups excluding carboxylic acids is 2. The molecule has 0 aliphatic carbocycles. The van der Waals surface area contributed by atoms with E-state index < -0.39 is 0 Å². The molecule has 1 aromatic carbocycles. The molecule has 0 saturated heterocycles. The molecule has 1 aliphatic rings. The van der Waals surface area contributed by atoms with Crippen molar-refractivity contribution in [3.63, 3.8) is 0 Å². The van der Waals surface area contributed by atoms with Crippen molar-refractivity contribution in [2.75, 3.05) is 22.5 Å². The normalized spacial score (nSPS) is 12.7. The van der Waals surface area contributed by atoms with Gasteiger partial charge in [0, 0.05) is 30.4 Å². The number of nitrogens with one attached hydrogen (secondary N) is 2. The lowest BCUT2D eigenvalue weighted by Crippen LogP contribution is -2.38. The van der Waals surface area contributed by atoms with Crippen LogP contribution in [0, 0.1) is 0 Å². The fraction of sp³-hybridized carbons (Fsp3) is 0.182. The quantitative estimate of drug-likeness (QED) is 0.661. The predicted molar refractivity (Wildman–Crippen MR) is 118 cm³/mol. The van der Waals surface area contributed by atoms with E-state index in [4.69, 9.17) is 0 Å². The molecule has 3 aromatic rings. The number of pyridine rings is 2. The van der Waals surface area contributed by atoms with Crippen LogP contribution >= 0.6 is 11.8 Å². The summed E-state index contributed by atoms with van der Waals surface area (Å²) in [5, 5.41) is 6.65. The average Bonchev–Trinajstić information content (AvgIpc) is 2.79. The van der Waals surface area contributed by atoms with Gasteiger partial charge in [-0.3, -0.25) is 14.7 Å². The minimum Gasteiger partial charge on any atom is -0.350 e. The van der Waals surface area contributed by atoms with Crippen molar-refractivity contribution in [2.45, 2.75) is 18.0 Å². The van der Waals surface area contributed by atoms with Crippen molar-refractivity contribution in [2.24, 2.45) is 0 Å². The van der Waals surface area contributed by atoms with Gasteiger partial charge in [-0.2, -0.15) is 0 Å². The standard InChI is InChI=1S/C22H21N5O2S/c28-20(25-15-18-4-1-2-10-23-18)14-16-6-8-17(9-7-16)26-22(29)27-12-13-30-21-19(27)5-3-11-24-21/h1-11H,12-15H2,(H,25,28)(H,26,29). The van der Waals surface area contributed by atoms with Crippen molar-refractivity contribution in [3.05, 3.63) is 78.2 Å². The van der Waals surface area contributed by atoms with E-state index in [9.17, 15) is 9.59 Å². The first-order chi connectivity index (χ1) is 14.7. The Kier molecular flexibility index (Phi) is 6.24. The highest BCUT2D eigenvalue weighted by Gasteiger charge is 2.23. The van der Waals surface area contributed by atoms with Crippen molar-refractivity contribution < 1.29 is 9.59 Å². The van der Waals surface area contributed by atoms with Crippen LogP contribution in [0.5, 0.6) is 0 Å². The molecule has 0 spiro atoms. The molecule has 2 N–H and O–H groups in total. The molecule has 3 heterocycles. The molecule has 1 aliphatic heterocycles. The van der Waals surface area contributed by atoms with E-state index in [0.29, 0.717) is 18.8 Å². The molecular weight excluding hydrogens is 398 g/mol. The summed E-state index contributed by atoms with van der Waals surface area (Å²) in [6.45, 7) is 1.03. The lowest BCUT2D eigenvalue weighted by atomic mass is 10.1. The zero-order valence-electron chi connectivity index (χ0n) is 16.2. The summed E-state index contributed by atoms with van der Waals surface area (Å²) in [5.74, 6) is 0.733. The fourth-order valence-electron chi connectivity index (χ4n) is 3.10. The second kappa shape index (κ2) is 9.41. The Morgan fingerprint density at radius 2 is 1.83 bits per heavy atom. The van der Waals surface area contributed by atoms with Crippen molar-refractivity contribution in [3.8, 4) is 0 Å². The van der Waals surface area contributed by atoms with Gasteiger partial charge < -0.3 is 10.6 Å². The molecule has 152 valence electrons. The van der Waals surface area contributed by atoms with Gasteiger partial charge in [0.25, 0.3) is 0 Å². The Bertz CT molecular complexity index is 1030. The monoisotopic (exact) mass is 419 g/mol. The lowest BCUT2D eigenvalue weighted by molar-refractivity contribution is -0.120. The number of hydrogen-bond donors (Lipinski definition) is 2. The number of urea groups is 1. The smallest absolute Gasteiger partial charge is 0.326 e. The Morgan fingerprint density at radius 3 is 2.63 bits per heavy atom. The largest absolute Gasteiger partial charge is 0.350 e. The molecule has 2 aromatic heterocycles. The summed E-state index contributed by atoms with van der Waals surface area (Å²) in [4.78, 5) is 35.1. The van der Waals surface area contributed by atoms with E-state index in [-0.39, 0.29) is 18.4 Å². The van der Waals surface area contributed by atoms with Crippen LogP contribution in [0.25, 0.3) is 0 Å². The van der Waals surface area contributed by atoms with Crippen LogP contribution < -0.4 is 15.5 Å². The SMILES string of the molecule is O=C(Cc1ccc(NC(=O)N2CCSc3ncccc32)cc1)NCc1ccccn1. The minimum atomic E-state index is -0.189. The highest BCUT2D eigenvalue weighted by atomic mass is 32.2. The highest BCUT2D eigenvalue weighted by Crippen LogP contribution is 2.32. The summed E-state index contributed by atoms with van der Waals surface area (Å²) in [6.07, 6.45) is 3.70. The second-order valence-electron chi connectivity index (χ2n) is 6.73. The van der Waals surface area contributed by atoms with Crippen LogP contribution in [0.2, 0.25) is 0 Å². The number of hydrogen-bond acceptors (Lipinski definition) is 5. The van der Waals surface area contributed by atoms with Gasteiger partial charge in [0.1, 0.15) is 5.03 Å². The minimum absolute atomic E-state index is 0.0765. The number of benzene rings is 1. The van der Waals surface area contributed by atoms with Gasteiger partial charge in [0.05, 0.1) is 24.3 Å². The molecule has 0 atom stereocenters. The molecule has 30 heavy (non-hydrogen) atoms. The van der Waals surface area contributed by atoms with Gasteiger partial charge in [-0.05, 0) is 42.0 Å². The van der Waals surface area contributed by atoms with E-state index in [0.717, 1.165) is 27.7 Å². The number of carbonyl (C=O) groups is 2. The van der Waals surface area contributed by atoms with E-state index >= 15 is 0 Å². The average molecular weight is 420 g/mol. The molecule has 7 nitrogen and oxygen atoms in total. The third kappa shape index (κ3) is 4.96. The Morgan fingerprint density at radius 1 is 1.00 bits per heavy atom. The van der Waals surface area contributed by atoms with Crippen molar-refractivity contribution in [1.82, 2.24) is 15.3 Å². The summed E-state index contributed by atoms with van der Waals surface area (Å²) in [6, 6.07) is 16.4. The predicted octanol–water partition coefficient (Wildman–Crippen LogP) is 3.48. The summed E-state index contributed by atoms with van der Waals surface area (Å²) in [5.41, 5.74) is 3.20. The number of nitrogens with zero attached hydrogens (tertiary/aromatic N) is 3. The number of rotatable bonds is 5. The number of aromatic nitrogens is 2. The van der Waals surface area contributed by atoms with Crippen LogP contribution in [0.1, 0.15) is 11.3 Å². The molecule has 4 rings (SSSR count). The van der Waals surface area contributed by atoms with Gasteiger partial charge in [0.15, 0.2) is 0 Å². The van der Waals surface area contributed by atoms with Gasteiger partial charge in [-0.1, -0.05) is 18.2 Å². The number of anilines is 2. The first-order valence-corrected chi connectivity index (χ1v) is 10.6. The van der Waals surface area contributed by atoms with E-state index in [1.807, 2.05) is 54.6 Å². The first kappa shape index (κ1) is 19.9. The number of fused-ring (bicyclic) bond motifs is 1. The summed E-state index contributed by atoms with van der Waals surface area (Å²) in [7, 11) is 0. The molecule has 0 radical (unpaired) electrons. The zero-order chi connectivity index (χ0) is 20.8. The van der Waals surface area contributed by atoms with Crippen LogP contribution in [-0.2, 0) is 17.8 Å². The summed E-state index contributed by atoms with van der Waals surface area (Å²) >= 11 is 1.65. The number of thioether (sulfide) groups is 1. The third-order valence-electron chi connectivity index (χ3n) is 4.60. The molecule has 3 amide bonds. The van der Waals surface area contributed by atoms with Crippen molar-refractivity contribution in [1.29, 1.82) is 0 Å². The van der Waals surface area contributed by atoms with Crippen molar-refractivity contribution >= 4 is 35.1 Å². The Hall–Kier alpha value is -3.39. The summed E-state index contributed by atoms with van der Waals surface area (Å²) < 4.78 is 0. The Labute approximate surface area is 178 Å². The number of amides is 3.